The second-order valence-corrected chi connectivity index (χ2v) is 9.65. The summed E-state index contributed by atoms with van der Waals surface area (Å²) in [5, 5.41) is 2.30. The zero-order chi connectivity index (χ0) is 15.7. The highest BCUT2D eigenvalue weighted by atomic mass is 35.6. The molecule has 5 nitrogen and oxygen atoms in total. The maximum atomic E-state index is 11.6. The smallest absolute Gasteiger partial charge is 0.296 e. The minimum atomic E-state index is -3.18. The number of rotatable bonds is 3. The third-order valence-corrected chi connectivity index (χ3v) is 5.86. The molecule has 1 aliphatic rings. The molecule has 2 rings (SSSR count). The molecule has 0 aliphatic carbocycles. The van der Waals surface area contributed by atoms with Crippen LogP contribution >= 0.6 is 46.4 Å². The summed E-state index contributed by atoms with van der Waals surface area (Å²) in [7, 11) is -3.18. The summed E-state index contributed by atoms with van der Waals surface area (Å²) in [4.78, 5) is 2.90. The van der Waals surface area contributed by atoms with Crippen molar-refractivity contribution in [3.05, 3.63) is 24.2 Å². The summed E-state index contributed by atoms with van der Waals surface area (Å²) >= 11 is 23.7. The minimum absolute atomic E-state index is 0.0997. The van der Waals surface area contributed by atoms with Gasteiger partial charge in [-0.2, -0.15) is 0 Å². The topological polar surface area (TPSA) is 73.3 Å². The molecule has 2 atom stereocenters. The van der Waals surface area contributed by atoms with Gasteiger partial charge in [-0.3, -0.25) is 10.3 Å². The van der Waals surface area contributed by atoms with Crippen molar-refractivity contribution < 1.29 is 17.8 Å². The first-order chi connectivity index (χ1) is 9.67. The summed E-state index contributed by atoms with van der Waals surface area (Å²) in [6, 6.07) is 2.97. The number of hydrogen-bond acceptors (Lipinski definition) is 3. The van der Waals surface area contributed by atoms with E-state index in [0.717, 1.165) is 0 Å². The van der Waals surface area contributed by atoms with Crippen LogP contribution in [0.15, 0.2) is 22.8 Å². The molecule has 0 aromatic carbocycles. The molecule has 1 aromatic heterocycles. The van der Waals surface area contributed by atoms with Gasteiger partial charge in [0.05, 0.1) is 23.1 Å². The Morgan fingerprint density at radius 1 is 1.43 bits per heavy atom. The highest BCUT2D eigenvalue weighted by Gasteiger charge is 2.44. The second-order valence-electron chi connectivity index (χ2n) is 4.65. The Morgan fingerprint density at radius 2 is 2.14 bits per heavy atom. The second kappa shape index (κ2) is 6.54. The van der Waals surface area contributed by atoms with E-state index >= 15 is 0 Å². The summed E-state index contributed by atoms with van der Waals surface area (Å²) in [6.45, 7) is 0.287. The summed E-state index contributed by atoms with van der Waals surface area (Å²) < 4.78 is 26.5. The van der Waals surface area contributed by atoms with Crippen LogP contribution in [-0.2, 0) is 16.4 Å². The van der Waals surface area contributed by atoms with Crippen molar-refractivity contribution in [2.24, 2.45) is 0 Å². The van der Waals surface area contributed by atoms with E-state index in [9.17, 15) is 8.42 Å². The quantitative estimate of drug-likeness (QED) is 0.448. The number of hydrogen-bond donors (Lipinski definition) is 2. The molecule has 0 unspecified atom stereocenters. The Balaban J connectivity index is 2.12. The molecule has 10 heteroatoms. The fourth-order valence-electron chi connectivity index (χ4n) is 1.94. The van der Waals surface area contributed by atoms with Crippen LogP contribution in [0.1, 0.15) is 5.76 Å². The van der Waals surface area contributed by atoms with Crippen LogP contribution in [0, 0.1) is 0 Å². The van der Waals surface area contributed by atoms with Gasteiger partial charge < -0.3 is 4.42 Å². The lowest BCUT2D eigenvalue weighted by Gasteiger charge is -2.15. The van der Waals surface area contributed by atoms with Gasteiger partial charge in [-0.1, -0.05) is 34.8 Å². The van der Waals surface area contributed by atoms with Crippen molar-refractivity contribution in [3.8, 4) is 0 Å². The van der Waals surface area contributed by atoms with E-state index in [0.29, 0.717) is 5.76 Å². The van der Waals surface area contributed by atoms with Gasteiger partial charge in [0.1, 0.15) is 18.3 Å². The molecular weight excluding hydrogens is 382 g/mol. The van der Waals surface area contributed by atoms with Gasteiger partial charge in [-0.15, -0.1) is 11.6 Å². The summed E-state index contributed by atoms with van der Waals surface area (Å²) in [6.07, 6.45) is 1.53. The van der Waals surface area contributed by atoms with Crippen LogP contribution in [0.2, 0.25) is 0 Å². The van der Waals surface area contributed by atoms with Gasteiger partial charge in [-0.05, 0) is 12.1 Å². The molecule has 0 amide bonds. The fourth-order valence-corrected chi connectivity index (χ4v) is 4.86. The molecular formula is C11H13Cl4N2O3S+. The van der Waals surface area contributed by atoms with Gasteiger partial charge in [0, 0.05) is 0 Å². The fraction of sp³-hybridized carbons (Fsp3) is 0.545. The lowest BCUT2D eigenvalue weighted by Crippen LogP contribution is -2.78. The number of furan rings is 1. The minimum Gasteiger partial charge on any atom is -0.465 e. The number of halogens is 4. The maximum absolute atomic E-state index is 11.6. The lowest BCUT2D eigenvalue weighted by atomic mass is 10.2. The van der Waals surface area contributed by atoms with Crippen LogP contribution in [0.4, 0.5) is 0 Å². The summed E-state index contributed by atoms with van der Waals surface area (Å²) in [5.74, 6) is 0.604. The number of amidine groups is 1. The van der Waals surface area contributed by atoms with Gasteiger partial charge >= 0.3 is 0 Å². The Hall–Kier alpha value is -0.140. The normalized spacial score (nSPS) is 26.0. The summed E-state index contributed by atoms with van der Waals surface area (Å²) in [5.41, 5.74) is 0. The van der Waals surface area contributed by atoms with Crippen molar-refractivity contribution >= 4 is 62.1 Å². The molecule has 0 saturated carbocycles. The lowest BCUT2D eigenvalue weighted by molar-refractivity contribution is -0.481. The maximum Gasteiger partial charge on any atom is 0.296 e. The van der Waals surface area contributed by atoms with Crippen molar-refractivity contribution in [1.82, 2.24) is 5.32 Å². The number of sulfone groups is 1. The zero-order valence-electron chi connectivity index (χ0n) is 10.7. The Morgan fingerprint density at radius 3 is 2.62 bits per heavy atom. The van der Waals surface area contributed by atoms with Crippen molar-refractivity contribution in [3.63, 3.8) is 0 Å². The van der Waals surface area contributed by atoms with E-state index in [2.05, 4.69) is 10.3 Å². The molecule has 2 heterocycles. The van der Waals surface area contributed by atoms with E-state index in [4.69, 9.17) is 50.8 Å². The zero-order valence-corrected chi connectivity index (χ0v) is 14.5. The van der Waals surface area contributed by atoms with Gasteiger partial charge in [0.2, 0.25) is 0 Å². The Kier molecular flexibility index (Phi) is 5.36. The highest BCUT2D eigenvalue weighted by molar-refractivity contribution is 7.91. The molecule has 1 fully saturated rings. The van der Waals surface area contributed by atoms with Crippen LogP contribution in [-0.4, -0.2) is 41.0 Å². The average molecular weight is 395 g/mol. The predicted octanol–water partition coefficient (Wildman–Crippen LogP) is 0.623. The van der Waals surface area contributed by atoms with E-state index in [1.807, 2.05) is 0 Å². The molecule has 1 aromatic rings. The first-order valence-electron chi connectivity index (χ1n) is 5.99. The first-order valence-corrected chi connectivity index (χ1v) is 9.38. The highest BCUT2D eigenvalue weighted by Crippen LogP contribution is 2.26. The molecule has 2 N–H and O–H groups in total. The standard InChI is InChI=1S/C11H12Cl4N2O3S/c12-8-5-21(18,19)6-9(8)17-10(11(13,14)15)16-4-7-2-1-3-20-7/h1-3,8-9H,4-6H2,(H,16,17)/p+1/t8-,9-/m1/s1. The largest absolute Gasteiger partial charge is 0.465 e. The van der Waals surface area contributed by atoms with E-state index < -0.39 is 25.0 Å². The van der Waals surface area contributed by atoms with Crippen molar-refractivity contribution in [2.75, 3.05) is 11.5 Å². The molecule has 1 saturated heterocycles. The van der Waals surface area contributed by atoms with Gasteiger partial charge in [-0.25, -0.2) is 8.42 Å². The third kappa shape index (κ3) is 4.93. The van der Waals surface area contributed by atoms with Gasteiger partial charge in [0.15, 0.2) is 9.84 Å². The SMILES string of the molecule is O=S1(=O)C[C@@H](Cl)[C@H](NC(=[NH+]Cc2ccco2)C(Cl)(Cl)Cl)C1. The number of alkyl halides is 4. The molecule has 0 radical (unpaired) electrons. The van der Waals surface area contributed by atoms with Crippen LogP contribution in [0.5, 0.6) is 0 Å². The molecule has 118 valence electrons. The monoisotopic (exact) mass is 393 g/mol. The Labute approximate surface area is 142 Å². The van der Waals surface area contributed by atoms with Crippen LogP contribution < -0.4 is 10.3 Å². The van der Waals surface area contributed by atoms with Crippen LogP contribution in [0.25, 0.3) is 0 Å². The molecule has 0 spiro atoms. The van der Waals surface area contributed by atoms with E-state index in [1.54, 1.807) is 12.1 Å². The first kappa shape index (κ1) is 17.2. The van der Waals surface area contributed by atoms with Crippen molar-refractivity contribution in [1.29, 1.82) is 0 Å². The predicted molar refractivity (Wildman–Crippen MR) is 83.9 cm³/mol. The number of nitrogens with one attached hydrogen (secondary N) is 2. The van der Waals surface area contributed by atoms with E-state index in [1.165, 1.54) is 6.26 Å². The molecule has 21 heavy (non-hydrogen) atoms. The average Bonchev–Trinajstić information content (AvgIpc) is 2.91. The molecule has 1 aliphatic heterocycles. The molecule has 0 bridgehead atoms. The Bertz CT molecular complexity index is 610. The third-order valence-electron chi connectivity index (χ3n) is 2.92. The van der Waals surface area contributed by atoms with Crippen molar-refractivity contribution in [2.45, 2.75) is 21.8 Å². The van der Waals surface area contributed by atoms with Gasteiger partial charge in [0.25, 0.3) is 9.63 Å². The van der Waals surface area contributed by atoms with Crippen LogP contribution in [0.3, 0.4) is 0 Å². The van der Waals surface area contributed by atoms with E-state index in [-0.39, 0.29) is 23.9 Å².